The van der Waals surface area contributed by atoms with Gasteiger partial charge in [-0.3, -0.25) is 20.4 Å². The summed E-state index contributed by atoms with van der Waals surface area (Å²) in [6, 6.07) is 21.3. The summed E-state index contributed by atoms with van der Waals surface area (Å²) in [5.41, 5.74) is 6.92. The second-order valence-corrected chi connectivity index (χ2v) is 6.68. The number of amides is 2. The second kappa shape index (κ2) is 9.04. The van der Waals surface area contributed by atoms with Crippen molar-refractivity contribution >= 4 is 22.6 Å². The molecule has 0 saturated heterocycles. The van der Waals surface area contributed by atoms with Gasteiger partial charge in [0.25, 0.3) is 5.91 Å². The molecule has 0 heterocycles. The molecule has 3 aromatic rings. The Morgan fingerprint density at radius 3 is 2.50 bits per heavy atom. The lowest BCUT2D eigenvalue weighted by atomic mass is 10.0. The second-order valence-electron chi connectivity index (χ2n) is 6.68. The molecule has 144 valence electrons. The van der Waals surface area contributed by atoms with Gasteiger partial charge >= 0.3 is 0 Å². The van der Waals surface area contributed by atoms with Gasteiger partial charge in [0.2, 0.25) is 5.91 Å². The summed E-state index contributed by atoms with van der Waals surface area (Å²) < 4.78 is 5.75. The van der Waals surface area contributed by atoms with Crippen LogP contribution < -0.4 is 15.6 Å². The molecule has 3 aromatic carbocycles. The summed E-state index contributed by atoms with van der Waals surface area (Å²) in [5.74, 6) is -0.0329. The lowest BCUT2D eigenvalue weighted by Crippen LogP contribution is -2.48. The first-order valence-electron chi connectivity index (χ1n) is 9.35. The Balaban J connectivity index is 1.57. The molecule has 5 nitrogen and oxygen atoms in total. The van der Waals surface area contributed by atoms with E-state index in [0.717, 1.165) is 21.9 Å². The lowest BCUT2D eigenvalue weighted by molar-refractivity contribution is -0.133. The molecule has 0 aromatic heterocycles. The van der Waals surface area contributed by atoms with Crippen molar-refractivity contribution in [1.29, 1.82) is 0 Å². The summed E-state index contributed by atoms with van der Waals surface area (Å²) in [6.45, 7) is 3.82. The van der Waals surface area contributed by atoms with E-state index in [1.807, 2.05) is 80.6 Å². The van der Waals surface area contributed by atoms with E-state index in [4.69, 9.17) is 4.74 Å². The number of carbonyl (C=O) groups excluding carboxylic acids is 2. The van der Waals surface area contributed by atoms with Crippen molar-refractivity contribution in [1.82, 2.24) is 10.9 Å². The smallest absolute Gasteiger partial charge is 0.279 e. The quantitative estimate of drug-likeness (QED) is 0.645. The maximum Gasteiger partial charge on any atom is 0.279 e. The van der Waals surface area contributed by atoms with Gasteiger partial charge in [-0.25, -0.2) is 0 Å². The van der Waals surface area contributed by atoms with E-state index in [2.05, 4.69) is 10.9 Å². The summed E-state index contributed by atoms with van der Waals surface area (Å²) >= 11 is 0. The van der Waals surface area contributed by atoms with E-state index in [1.165, 1.54) is 0 Å². The predicted octanol–water partition coefficient (Wildman–Crippen LogP) is 3.70. The zero-order chi connectivity index (χ0) is 19.9. The average Bonchev–Trinajstić information content (AvgIpc) is 2.70. The van der Waals surface area contributed by atoms with Gasteiger partial charge in [0, 0.05) is 0 Å². The number of hydrogen-bond donors (Lipinski definition) is 2. The van der Waals surface area contributed by atoms with Crippen molar-refractivity contribution in [2.24, 2.45) is 0 Å². The van der Waals surface area contributed by atoms with Gasteiger partial charge in [0.1, 0.15) is 5.75 Å². The number of aryl methyl sites for hydroxylation is 1. The zero-order valence-electron chi connectivity index (χ0n) is 16.1. The molecule has 0 aliphatic heterocycles. The first kappa shape index (κ1) is 19.4. The standard InChI is InChI=1S/C23H24N2O3/c1-3-21(28-19-12-6-8-16(2)14-19)23(27)25-24-22(26)15-18-11-7-10-17-9-4-5-13-20(17)18/h4-14,21H,3,15H2,1-2H3,(H,24,26)(H,25,27). The first-order chi connectivity index (χ1) is 13.6. The molecule has 0 spiro atoms. The van der Waals surface area contributed by atoms with Crippen LogP contribution in [0.3, 0.4) is 0 Å². The summed E-state index contributed by atoms with van der Waals surface area (Å²) in [6.07, 6.45) is -0.0180. The highest BCUT2D eigenvalue weighted by atomic mass is 16.5. The largest absolute Gasteiger partial charge is 0.481 e. The number of rotatable bonds is 6. The van der Waals surface area contributed by atoms with Crippen LogP contribution in [0, 0.1) is 6.92 Å². The van der Waals surface area contributed by atoms with E-state index < -0.39 is 6.10 Å². The van der Waals surface area contributed by atoms with Gasteiger partial charge in [0.15, 0.2) is 6.10 Å². The highest BCUT2D eigenvalue weighted by molar-refractivity contribution is 5.91. The Bertz CT molecular complexity index is 979. The predicted molar refractivity (Wildman–Crippen MR) is 110 cm³/mol. The maximum absolute atomic E-state index is 12.4. The van der Waals surface area contributed by atoms with Crippen LogP contribution in [-0.4, -0.2) is 17.9 Å². The Kier molecular flexibility index (Phi) is 6.27. The van der Waals surface area contributed by atoms with Crippen molar-refractivity contribution in [2.75, 3.05) is 0 Å². The number of benzene rings is 3. The topological polar surface area (TPSA) is 67.4 Å². The molecule has 0 bridgehead atoms. The van der Waals surface area contributed by atoms with Gasteiger partial charge in [0.05, 0.1) is 6.42 Å². The number of hydrogen-bond acceptors (Lipinski definition) is 3. The van der Waals surface area contributed by atoms with E-state index in [-0.39, 0.29) is 18.2 Å². The first-order valence-corrected chi connectivity index (χ1v) is 9.35. The monoisotopic (exact) mass is 376 g/mol. The Morgan fingerprint density at radius 1 is 0.964 bits per heavy atom. The van der Waals surface area contributed by atoms with Crippen LogP contribution in [0.25, 0.3) is 10.8 Å². The lowest BCUT2D eigenvalue weighted by Gasteiger charge is -2.18. The molecule has 0 aliphatic carbocycles. The molecule has 1 unspecified atom stereocenters. The van der Waals surface area contributed by atoms with Crippen LogP contribution in [0.15, 0.2) is 66.7 Å². The van der Waals surface area contributed by atoms with E-state index in [9.17, 15) is 9.59 Å². The molecule has 0 radical (unpaired) electrons. The van der Waals surface area contributed by atoms with Gasteiger partial charge in [-0.15, -0.1) is 0 Å². The average molecular weight is 376 g/mol. The molecular weight excluding hydrogens is 352 g/mol. The van der Waals surface area contributed by atoms with Gasteiger partial charge in [-0.1, -0.05) is 61.5 Å². The minimum absolute atomic E-state index is 0.178. The molecule has 28 heavy (non-hydrogen) atoms. The molecule has 2 N–H and O–H groups in total. The molecule has 0 fully saturated rings. The van der Waals surface area contributed by atoms with Crippen LogP contribution in [-0.2, 0) is 16.0 Å². The zero-order valence-corrected chi connectivity index (χ0v) is 16.1. The van der Waals surface area contributed by atoms with E-state index >= 15 is 0 Å². The van der Waals surface area contributed by atoms with E-state index in [1.54, 1.807) is 0 Å². The van der Waals surface area contributed by atoms with Crippen LogP contribution >= 0.6 is 0 Å². The number of carbonyl (C=O) groups is 2. The van der Waals surface area contributed by atoms with Gasteiger partial charge < -0.3 is 4.74 Å². The van der Waals surface area contributed by atoms with Crippen molar-refractivity contribution in [3.63, 3.8) is 0 Å². The number of nitrogens with one attached hydrogen (secondary N) is 2. The van der Waals surface area contributed by atoms with Crippen molar-refractivity contribution < 1.29 is 14.3 Å². The molecular formula is C23H24N2O3. The minimum Gasteiger partial charge on any atom is -0.481 e. The minimum atomic E-state index is -0.681. The summed E-state index contributed by atoms with van der Waals surface area (Å²) in [5, 5.41) is 2.11. The van der Waals surface area contributed by atoms with Crippen molar-refractivity contribution in [3.8, 4) is 5.75 Å². The van der Waals surface area contributed by atoms with Gasteiger partial charge in [-0.05, 0) is 47.4 Å². The summed E-state index contributed by atoms with van der Waals surface area (Å²) in [4.78, 5) is 24.7. The third-order valence-corrected chi connectivity index (χ3v) is 4.49. The Hall–Kier alpha value is -3.34. The maximum atomic E-state index is 12.4. The molecule has 0 aliphatic rings. The van der Waals surface area contributed by atoms with Crippen LogP contribution in [0.4, 0.5) is 0 Å². The number of fused-ring (bicyclic) bond motifs is 1. The van der Waals surface area contributed by atoms with Crippen LogP contribution in [0.2, 0.25) is 0 Å². The van der Waals surface area contributed by atoms with Crippen molar-refractivity contribution in [3.05, 3.63) is 77.9 Å². The molecule has 5 heteroatoms. The Morgan fingerprint density at radius 2 is 1.71 bits per heavy atom. The number of ether oxygens (including phenoxy) is 1. The molecule has 2 amide bonds. The SMILES string of the molecule is CCC(Oc1cccc(C)c1)C(=O)NNC(=O)Cc1cccc2ccccc12. The molecule has 0 saturated carbocycles. The fourth-order valence-electron chi connectivity index (χ4n) is 3.05. The molecule has 1 atom stereocenters. The summed E-state index contributed by atoms with van der Waals surface area (Å²) in [7, 11) is 0. The Labute approximate surface area is 164 Å². The third-order valence-electron chi connectivity index (χ3n) is 4.49. The highest BCUT2D eigenvalue weighted by Gasteiger charge is 2.19. The van der Waals surface area contributed by atoms with Gasteiger partial charge in [-0.2, -0.15) is 0 Å². The van der Waals surface area contributed by atoms with Crippen LogP contribution in [0.5, 0.6) is 5.75 Å². The fourth-order valence-corrected chi connectivity index (χ4v) is 3.05. The van der Waals surface area contributed by atoms with E-state index in [0.29, 0.717) is 12.2 Å². The third kappa shape index (κ3) is 4.88. The fraction of sp³-hybridized carbons (Fsp3) is 0.217. The normalized spacial score (nSPS) is 11.6. The molecule has 3 rings (SSSR count). The van der Waals surface area contributed by atoms with Crippen LogP contribution in [0.1, 0.15) is 24.5 Å². The highest BCUT2D eigenvalue weighted by Crippen LogP contribution is 2.19. The van der Waals surface area contributed by atoms with Crippen molar-refractivity contribution in [2.45, 2.75) is 32.8 Å². The number of hydrazine groups is 1.